The largest absolute Gasteiger partial charge is 0.453 e. The molecule has 17 heavy (non-hydrogen) atoms. The minimum Gasteiger partial charge on any atom is -0.453 e. The molecule has 0 fully saturated rings. The van der Waals surface area contributed by atoms with Gasteiger partial charge in [-0.3, -0.25) is 0 Å². The summed E-state index contributed by atoms with van der Waals surface area (Å²) in [4.78, 5) is 13.3. The molecule has 0 radical (unpaired) electrons. The second-order valence-electron chi connectivity index (χ2n) is 3.01. The predicted molar refractivity (Wildman–Crippen MR) is 60.8 cm³/mol. The van der Waals surface area contributed by atoms with Crippen LogP contribution in [0.15, 0.2) is 30.3 Å². The third-order valence-electron chi connectivity index (χ3n) is 1.81. The maximum Gasteiger partial charge on any atom is 0.413 e. The van der Waals surface area contributed by atoms with Crippen LogP contribution in [0.4, 0.5) is 0 Å². The van der Waals surface area contributed by atoms with Crippen molar-refractivity contribution in [1.29, 1.82) is 5.26 Å². The van der Waals surface area contributed by atoms with Crippen LogP contribution in [0.25, 0.3) is 11.6 Å². The summed E-state index contributed by atoms with van der Waals surface area (Å²) in [7, 11) is 0. The highest BCUT2D eigenvalue weighted by Gasteiger charge is 1.99. The molecule has 0 aliphatic rings. The normalized spacial score (nSPS) is 9.35. The van der Waals surface area contributed by atoms with E-state index in [1.807, 2.05) is 12.1 Å². The van der Waals surface area contributed by atoms with Crippen LogP contribution >= 0.6 is 0 Å². The summed E-state index contributed by atoms with van der Waals surface area (Å²) in [5.41, 5.74) is 9.46. The third-order valence-corrected chi connectivity index (χ3v) is 1.81. The molecule has 1 aromatic rings. The van der Waals surface area contributed by atoms with E-state index < -0.39 is 5.97 Å². The number of carbonyl (C=O) groups is 1. The molecule has 0 atom stereocenters. The fraction of sp³-hybridized carbons (Fsp3) is 0.0833. The molecule has 84 valence electrons. The van der Waals surface area contributed by atoms with E-state index in [0.717, 1.165) is 5.56 Å². The first-order valence-electron chi connectivity index (χ1n) is 4.77. The minimum atomic E-state index is -0.720. The Labute approximate surface area is 98.2 Å². The summed E-state index contributed by atoms with van der Waals surface area (Å²) < 4.78 is 4.66. The van der Waals surface area contributed by atoms with Crippen molar-refractivity contribution in [2.24, 2.45) is 0 Å². The lowest BCUT2D eigenvalue weighted by molar-refractivity contribution is -0.137. The fourth-order valence-electron chi connectivity index (χ4n) is 1.11. The molecule has 0 N–H and O–H groups in total. The van der Waals surface area contributed by atoms with Crippen LogP contribution in [-0.2, 0) is 9.53 Å². The highest BCUT2D eigenvalue weighted by atomic mass is 16.5. The lowest BCUT2D eigenvalue weighted by Gasteiger charge is -1.95. The van der Waals surface area contributed by atoms with E-state index in [9.17, 15) is 4.79 Å². The number of nitrogens with zero attached hydrogens (tertiary/aromatic N) is 3. The summed E-state index contributed by atoms with van der Waals surface area (Å²) >= 11 is 0. The first-order chi connectivity index (χ1) is 8.26. The van der Waals surface area contributed by atoms with Gasteiger partial charge in [-0.2, -0.15) is 10.1 Å². The summed E-state index contributed by atoms with van der Waals surface area (Å²) in [6.07, 6.45) is 4.02. The molecule has 0 saturated carbocycles. The summed E-state index contributed by atoms with van der Waals surface area (Å²) in [5, 5.41) is 8.68. The third kappa shape index (κ3) is 4.56. The molecular weight excluding hydrogens is 218 g/mol. The number of rotatable bonds is 4. The molecule has 0 unspecified atom stereocenters. The Balaban J connectivity index is 2.51. The molecule has 0 aromatic heterocycles. The molecule has 5 heteroatoms. The van der Waals surface area contributed by atoms with Crippen LogP contribution in [0.1, 0.15) is 11.1 Å². The van der Waals surface area contributed by atoms with Crippen molar-refractivity contribution in [3.8, 4) is 6.07 Å². The van der Waals surface area contributed by atoms with Gasteiger partial charge in [0.2, 0.25) is 0 Å². The number of hydrogen-bond donors (Lipinski definition) is 0. The Morgan fingerprint density at radius 2 is 2.41 bits per heavy atom. The van der Waals surface area contributed by atoms with E-state index >= 15 is 0 Å². The van der Waals surface area contributed by atoms with Gasteiger partial charge >= 0.3 is 12.2 Å². The Morgan fingerprint density at radius 3 is 3.12 bits per heavy atom. The zero-order valence-electron chi connectivity index (χ0n) is 8.91. The van der Waals surface area contributed by atoms with Crippen LogP contribution in [0.5, 0.6) is 0 Å². The van der Waals surface area contributed by atoms with Crippen LogP contribution in [0, 0.1) is 11.3 Å². The van der Waals surface area contributed by atoms with Gasteiger partial charge in [0.25, 0.3) is 0 Å². The van der Waals surface area contributed by atoms with E-state index in [2.05, 4.69) is 9.53 Å². The van der Waals surface area contributed by atoms with Crippen molar-refractivity contribution in [2.75, 3.05) is 6.61 Å². The Kier molecular flexibility index (Phi) is 4.89. The predicted octanol–water partition coefficient (Wildman–Crippen LogP) is 1.42. The first kappa shape index (κ1) is 12.4. The van der Waals surface area contributed by atoms with Gasteiger partial charge in [0.15, 0.2) is 0 Å². The Bertz CT molecular complexity index is 523. The number of carbonyl (C=O) groups excluding carboxylic acids is 1. The van der Waals surface area contributed by atoms with E-state index in [1.54, 1.807) is 30.4 Å². The molecule has 0 aliphatic carbocycles. The lowest BCUT2D eigenvalue weighted by Crippen LogP contribution is -2.05. The minimum absolute atomic E-state index is 0.0711. The van der Waals surface area contributed by atoms with Crippen LogP contribution in [0.2, 0.25) is 0 Å². The van der Waals surface area contributed by atoms with Crippen molar-refractivity contribution in [3.05, 3.63) is 47.0 Å². The summed E-state index contributed by atoms with van der Waals surface area (Å²) in [6, 6.07) is 9.04. The molecule has 0 bridgehead atoms. The van der Waals surface area contributed by atoms with Crippen molar-refractivity contribution in [1.82, 2.24) is 0 Å². The van der Waals surface area contributed by atoms with Gasteiger partial charge in [-0.05, 0) is 23.8 Å². The van der Waals surface area contributed by atoms with E-state index in [1.165, 1.54) is 0 Å². The van der Waals surface area contributed by atoms with Crippen molar-refractivity contribution >= 4 is 18.3 Å². The SMILES string of the molecule is N#Cc1cccc(/C=C\COC(=O)C=[N+]=[N-])c1. The number of hydrogen-bond acceptors (Lipinski definition) is 3. The summed E-state index contributed by atoms with van der Waals surface area (Å²) in [6.45, 7) is 0.0711. The standard InChI is InChI=1S/C12H9N3O2/c13-8-11-4-1-3-10(7-11)5-2-6-17-12(16)9-15-14/h1-5,7,9H,6H2/b5-2-. The van der Waals surface area contributed by atoms with Gasteiger partial charge in [-0.25, -0.2) is 4.79 Å². The molecule has 0 amide bonds. The smallest absolute Gasteiger partial charge is 0.413 e. The summed E-state index contributed by atoms with van der Waals surface area (Å²) in [5.74, 6) is -0.720. The topological polar surface area (TPSA) is 86.5 Å². The number of nitriles is 1. The van der Waals surface area contributed by atoms with Crippen molar-refractivity contribution < 1.29 is 14.3 Å². The average Bonchev–Trinajstić information content (AvgIpc) is 2.35. The first-order valence-corrected chi connectivity index (χ1v) is 4.77. The second kappa shape index (κ2) is 6.72. The van der Waals surface area contributed by atoms with Gasteiger partial charge in [0.1, 0.15) is 6.61 Å². The van der Waals surface area contributed by atoms with Crippen LogP contribution in [-0.4, -0.2) is 23.6 Å². The lowest BCUT2D eigenvalue weighted by atomic mass is 10.1. The monoisotopic (exact) mass is 227 g/mol. The molecule has 0 saturated heterocycles. The molecule has 0 heterocycles. The number of benzene rings is 1. The molecule has 5 nitrogen and oxygen atoms in total. The molecular formula is C12H9N3O2. The van der Waals surface area contributed by atoms with Crippen molar-refractivity contribution in [3.63, 3.8) is 0 Å². The highest BCUT2D eigenvalue weighted by Crippen LogP contribution is 2.05. The van der Waals surface area contributed by atoms with Crippen molar-refractivity contribution in [2.45, 2.75) is 0 Å². The van der Waals surface area contributed by atoms with Gasteiger partial charge in [0, 0.05) is 0 Å². The zero-order valence-corrected chi connectivity index (χ0v) is 8.91. The number of esters is 1. The average molecular weight is 227 g/mol. The van der Waals surface area contributed by atoms with E-state index in [4.69, 9.17) is 10.8 Å². The van der Waals surface area contributed by atoms with Crippen LogP contribution < -0.4 is 0 Å². The Hall–Kier alpha value is -2.70. The molecule has 0 spiro atoms. The van der Waals surface area contributed by atoms with E-state index in [-0.39, 0.29) is 6.61 Å². The van der Waals surface area contributed by atoms with Gasteiger partial charge in [0.05, 0.1) is 11.6 Å². The van der Waals surface area contributed by atoms with Gasteiger partial charge in [-0.15, -0.1) is 0 Å². The molecule has 1 aromatic carbocycles. The molecule has 1 rings (SSSR count). The van der Waals surface area contributed by atoms with E-state index in [0.29, 0.717) is 11.8 Å². The molecule has 0 aliphatic heterocycles. The van der Waals surface area contributed by atoms with Crippen LogP contribution in [0.3, 0.4) is 0 Å². The quantitative estimate of drug-likeness (QED) is 0.337. The zero-order chi connectivity index (χ0) is 12.5. The van der Waals surface area contributed by atoms with Gasteiger partial charge < -0.3 is 10.3 Å². The fourth-order valence-corrected chi connectivity index (χ4v) is 1.11. The highest BCUT2D eigenvalue weighted by molar-refractivity contribution is 6.20. The maximum absolute atomic E-state index is 10.7. The Morgan fingerprint density at radius 1 is 1.59 bits per heavy atom. The number of ether oxygens (including phenoxy) is 1. The van der Waals surface area contributed by atoms with Gasteiger partial charge in [-0.1, -0.05) is 18.2 Å². The maximum atomic E-state index is 10.7. The second-order valence-corrected chi connectivity index (χ2v) is 3.01.